The van der Waals surface area contributed by atoms with Gasteiger partial charge in [-0.25, -0.2) is 8.78 Å². The molecule has 2 aromatic rings. The Kier molecular flexibility index (Phi) is 4.27. The lowest BCUT2D eigenvalue weighted by Crippen LogP contribution is -2.12. The molecule has 0 aliphatic heterocycles. The lowest BCUT2D eigenvalue weighted by Gasteiger charge is -2.12. The van der Waals surface area contributed by atoms with E-state index in [9.17, 15) is 8.78 Å². The molecule has 100 valence electrons. The molecule has 0 saturated carbocycles. The van der Waals surface area contributed by atoms with Gasteiger partial charge in [-0.2, -0.15) is 0 Å². The third kappa shape index (κ3) is 2.99. The van der Waals surface area contributed by atoms with Crippen LogP contribution in [0, 0.1) is 18.6 Å². The molecule has 0 heterocycles. The second kappa shape index (κ2) is 5.93. The molecule has 0 unspecified atom stereocenters. The van der Waals surface area contributed by atoms with Gasteiger partial charge in [0.25, 0.3) is 0 Å². The lowest BCUT2D eigenvalue weighted by atomic mass is 9.98. The van der Waals surface area contributed by atoms with Crippen molar-refractivity contribution in [1.82, 2.24) is 5.32 Å². The van der Waals surface area contributed by atoms with Crippen LogP contribution in [0.15, 0.2) is 36.4 Å². The van der Waals surface area contributed by atoms with E-state index < -0.39 is 0 Å². The van der Waals surface area contributed by atoms with Gasteiger partial charge in [-0.1, -0.05) is 31.2 Å². The molecule has 2 aromatic carbocycles. The van der Waals surface area contributed by atoms with Gasteiger partial charge in [-0.15, -0.1) is 0 Å². The standard InChI is InChI=1S/C16H17F2N/c1-3-19-10-12-6-4-5-7-13(12)14-9-15(17)11(2)8-16(14)18/h4-9,19H,3,10H2,1-2H3. The zero-order valence-corrected chi connectivity index (χ0v) is 11.1. The third-order valence-corrected chi connectivity index (χ3v) is 3.12. The molecule has 19 heavy (non-hydrogen) atoms. The van der Waals surface area contributed by atoms with E-state index in [1.807, 2.05) is 31.2 Å². The fourth-order valence-electron chi connectivity index (χ4n) is 2.05. The number of aryl methyl sites for hydroxylation is 1. The van der Waals surface area contributed by atoms with Gasteiger partial charge in [0.2, 0.25) is 0 Å². The highest BCUT2D eigenvalue weighted by Crippen LogP contribution is 2.28. The highest BCUT2D eigenvalue weighted by Gasteiger charge is 2.12. The van der Waals surface area contributed by atoms with Crippen molar-refractivity contribution < 1.29 is 8.78 Å². The summed E-state index contributed by atoms with van der Waals surface area (Å²) in [5, 5.41) is 3.20. The summed E-state index contributed by atoms with van der Waals surface area (Å²) in [7, 11) is 0. The number of benzene rings is 2. The minimum atomic E-state index is -0.386. The molecule has 1 N–H and O–H groups in total. The van der Waals surface area contributed by atoms with Crippen LogP contribution in [0.1, 0.15) is 18.1 Å². The highest BCUT2D eigenvalue weighted by atomic mass is 19.1. The molecule has 0 amide bonds. The molecular weight excluding hydrogens is 244 g/mol. The molecule has 0 bridgehead atoms. The molecule has 0 aliphatic carbocycles. The number of rotatable bonds is 4. The van der Waals surface area contributed by atoms with Crippen LogP contribution in [0.2, 0.25) is 0 Å². The summed E-state index contributed by atoms with van der Waals surface area (Å²) in [5.74, 6) is -0.766. The first-order valence-corrected chi connectivity index (χ1v) is 6.38. The molecule has 2 rings (SSSR count). The fraction of sp³-hybridized carbons (Fsp3) is 0.250. The average molecular weight is 261 g/mol. The summed E-state index contributed by atoms with van der Waals surface area (Å²) < 4.78 is 27.7. The Morgan fingerprint density at radius 1 is 1.00 bits per heavy atom. The first-order valence-electron chi connectivity index (χ1n) is 6.38. The summed E-state index contributed by atoms with van der Waals surface area (Å²) in [6, 6.07) is 10.00. The van der Waals surface area contributed by atoms with E-state index in [-0.39, 0.29) is 11.6 Å². The fourth-order valence-corrected chi connectivity index (χ4v) is 2.05. The van der Waals surface area contributed by atoms with Crippen LogP contribution in [0.4, 0.5) is 8.78 Å². The van der Waals surface area contributed by atoms with E-state index in [1.54, 1.807) is 6.92 Å². The second-order valence-corrected chi connectivity index (χ2v) is 4.52. The van der Waals surface area contributed by atoms with Gasteiger partial charge in [0.1, 0.15) is 11.6 Å². The van der Waals surface area contributed by atoms with Crippen molar-refractivity contribution >= 4 is 0 Å². The summed E-state index contributed by atoms with van der Waals surface area (Å²) in [5.41, 5.74) is 2.34. The molecule has 0 atom stereocenters. The van der Waals surface area contributed by atoms with Gasteiger partial charge >= 0.3 is 0 Å². The largest absolute Gasteiger partial charge is 0.313 e. The van der Waals surface area contributed by atoms with Gasteiger partial charge in [0.15, 0.2) is 0 Å². The SMILES string of the molecule is CCNCc1ccccc1-c1cc(F)c(C)cc1F. The van der Waals surface area contributed by atoms with Crippen molar-refractivity contribution in [2.75, 3.05) is 6.54 Å². The highest BCUT2D eigenvalue weighted by molar-refractivity contribution is 5.68. The van der Waals surface area contributed by atoms with E-state index in [0.717, 1.165) is 17.7 Å². The Morgan fingerprint density at radius 3 is 2.47 bits per heavy atom. The molecule has 0 saturated heterocycles. The van der Waals surface area contributed by atoms with E-state index >= 15 is 0 Å². The van der Waals surface area contributed by atoms with Gasteiger partial charge in [-0.05, 0) is 42.3 Å². The van der Waals surface area contributed by atoms with Crippen molar-refractivity contribution in [3.05, 3.63) is 59.2 Å². The maximum Gasteiger partial charge on any atom is 0.131 e. The molecule has 0 radical (unpaired) electrons. The van der Waals surface area contributed by atoms with E-state index in [2.05, 4.69) is 5.32 Å². The summed E-state index contributed by atoms with van der Waals surface area (Å²) >= 11 is 0. The zero-order valence-electron chi connectivity index (χ0n) is 11.1. The van der Waals surface area contributed by atoms with Crippen molar-refractivity contribution in [3.63, 3.8) is 0 Å². The Bertz CT molecular complexity index is 579. The molecule has 1 nitrogen and oxygen atoms in total. The first-order chi connectivity index (χ1) is 9.13. The maximum atomic E-state index is 14.0. The topological polar surface area (TPSA) is 12.0 Å². The summed E-state index contributed by atoms with van der Waals surface area (Å²) in [6.45, 7) is 5.04. The minimum Gasteiger partial charge on any atom is -0.313 e. The zero-order chi connectivity index (χ0) is 13.8. The van der Waals surface area contributed by atoms with Crippen LogP contribution in [0.3, 0.4) is 0 Å². The van der Waals surface area contributed by atoms with Crippen molar-refractivity contribution in [2.45, 2.75) is 20.4 Å². The lowest BCUT2D eigenvalue weighted by molar-refractivity contribution is 0.595. The maximum absolute atomic E-state index is 14.0. The van der Waals surface area contributed by atoms with E-state index in [0.29, 0.717) is 17.7 Å². The van der Waals surface area contributed by atoms with Crippen LogP contribution >= 0.6 is 0 Å². The minimum absolute atomic E-state index is 0.316. The van der Waals surface area contributed by atoms with Gasteiger partial charge < -0.3 is 5.32 Å². The Morgan fingerprint density at radius 2 is 1.74 bits per heavy atom. The molecular formula is C16H17F2N. The van der Waals surface area contributed by atoms with Crippen LogP contribution < -0.4 is 5.32 Å². The number of hydrogen-bond donors (Lipinski definition) is 1. The van der Waals surface area contributed by atoms with E-state index in [4.69, 9.17) is 0 Å². The van der Waals surface area contributed by atoms with Crippen molar-refractivity contribution in [2.24, 2.45) is 0 Å². The third-order valence-electron chi connectivity index (χ3n) is 3.12. The van der Waals surface area contributed by atoms with Crippen molar-refractivity contribution in [3.8, 4) is 11.1 Å². The second-order valence-electron chi connectivity index (χ2n) is 4.52. The first kappa shape index (κ1) is 13.7. The Labute approximate surface area is 112 Å². The monoisotopic (exact) mass is 261 g/mol. The van der Waals surface area contributed by atoms with Crippen LogP contribution in [-0.2, 0) is 6.54 Å². The Hall–Kier alpha value is -1.74. The van der Waals surface area contributed by atoms with Crippen LogP contribution in [-0.4, -0.2) is 6.54 Å². The number of nitrogens with one attached hydrogen (secondary N) is 1. The smallest absolute Gasteiger partial charge is 0.131 e. The number of hydrogen-bond acceptors (Lipinski definition) is 1. The molecule has 0 aromatic heterocycles. The molecule has 0 fully saturated rings. The van der Waals surface area contributed by atoms with Crippen molar-refractivity contribution in [1.29, 1.82) is 0 Å². The van der Waals surface area contributed by atoms with Crippen LogP contribution in [0.25, 0.3) is 11.1 Å². The molecule has 3 heteroatoms. The summed E-state index contributed by atoms with van der Waals surface area (Å²) in [4.78, 5) is 0. The predicted octanol–water partition coefficient (Wildman–Crippen LogP) is 4.05. The summed E-state index contributed by atoms with van der Waals surface area (Å²) in [6.07, 6.45) is 0. The van der Waals surface area contributed by atoms with Gasteiger partial charge in [0.05, 0.1) is 0 Å². The molecule has 0 aliphatic rings. The quantitative estimate of drug-likeness (QED) is 0.875. The average Bonchev–Trinajstić information content (AvgIpc) is 2.41. The predicted molar refractivity (Wildman–Crippen MR) is 73.9 cm³/mol. The number of halogens is 2. The molecule has 0 spiro atoms. The Balaban J connectivity index is 2.49. The van der Waals surface area contributed by atoms with Gasteiger partial charge in [-0.3, -0.25) is 0 Å². The van der Waals surface area contributed by atoms with Gasteiger partial charge in [0, 0.05) is 12.1 Å². The normalized spacial score (nSPS) is 10.7. The van der Waals surface area contributed by atoms with E-state index in [1.165, 1.54) is 12.1 Å². The van der Waals surface area contributed by atoms with Crippen LogP contribution in [0.5, 0.6) is 0 Å².